The lowest BCUT2D eigenvalue weighted by atomic mass is 10.1. The molecule has 0 bridgehead atoms. The Balaban J connectivity index is 1.99. The average molecular weight is 272 g/mol. The van der Waals surface area contributed by atoms with E-state index in [4.69, 9.17) is 5.73 Å². The number of nitrogens with two attached hydrogens (primary N) is 1. The molecule has 0 radical (unpaired) electrons. The molecule has 2 aromatic rings. The summed E-state index contributed by atoms with van der Waals surface area (Å²) >= 11 is 0. The molecule has 0 aliphatic rings. The number of rotatable bonds is 6. The monoisotopic (exact) mass is 272 g/mol. The van der Waals surface area contributed by atoms with Crippen molar-refractivity contribution in [2.24, 2.45) is 5.73 Å². The maximum Gasteiger partial charge on any atom is 0.275 e. The smallest absolute Gasteiger partial charge is 0.275 e. The molecule has 5 nitrogen and oxygen atoms in total. The molecule has 0 saturated heterocycles. The Bertz CT molecular complexity index is 560. The zero-order valence-electron chi connectivity index (χ0n) is 11.7. The molecular formula is C15H20N4O. The predicted octanol–water partition coefficient (Wildman–Crippen LogP) is 2.05. The minimum Gasteiger partial charge on any atom is -0.335 e. The molecule has 1 amide bonds. The van der Waals surface area contributed by atoms with Gasteiger partial charge in [-0.1, -0.05) is 25.5 Å². The Kier molecular flexibility index (Phi) is 4.90. The average Bonchev–Trinajstić information content (AvgIpc) is 2.90. The maximum absolute atomic E-state index is 12.0. The molecular weight excluding hydrogens is 252 g/mol. The molecule has 0 aliphatic heterocycles. The van der Waals surface area contributed by atoms with Crippen LogP contribution in [0.2, 0.25) is 0 Å². The number of anilines is 1. The van der Waals surface area contributed by atoms with Crippen LogP contribution in [0.15, 0.2) is 36.8 Å². The van der Waals surface area contributed by atoms with Gasteiger partial charge in [0, 0.05) is 25.0 Å². The normalized spacial score (nSPS) is 10.5. The summed E-state index contributed by atoms with van der Waals surface area (Å²) < 4.78 is 1.80. The Morgan fingerprint density at radius 3 is 2.75 bits per heavy atom. The molecule has 1 aromatic carbocycles. The van der Waals surface area contributed by atoms with Gasteiger partial charge in [0.05, 0.1) is 6.33 Å². The number of hydrogen-bond donors (Lipinski definition) is 2. The van der Waals surface area contributed by atoms with Gasteiger partial charge >= 0.3 is 0 Å². The molecule has 0 atom stereocenters. The topological polar surface area (TPSA) is 72.9 Å². The van der Waals surface area contributed by atoms with Crippen molar-refractivity contribution in [3.8, 4) is 0 Å². The van der Waals surface area contributed by atoms with Crippen LogP contribution >= 0.6 is 0 Å². The Labute approximate surface area is 118 Å². The van der Waals surface area contributed by atoms with Crippen LogP contribution < -0.4 is 11.1 Å². The van der Waals surface area contributed by atoms with Crippen LogP contribution in [0.25, 0.3) is 0 Å². The van der Waals surface area contributed by atoms with E-state index in [9.17, 15) is 4.79 Å². The molecule has 5 heteroatoms. The largest absolute Gasteiger partial charge is 0.335 e. The summed E-state index contributed by atoms with van der Waals surface area (Å²) in [6, 6.07) is 7.90. The van der Waals surface area contributed by atoms with Crippen LogP contribution in [0.3, 0.4) is 0 Å². The highest BCUT2D eigenvalue weighted by molar-refractivity contribution is 6.02. The molecule has 106 valence electrons. The van der Waals surface area contributed by atoms with Crippen molar-refractivity contribution in [2.45, 2.75) is 26.3 Å². The van der Waals surface area contributed by atoms with Crippen LogP contribution in [0, 0.1) is 0 Å². The highest BCUT2D eigenvalue weighted by atomic mass is 16.1. The number of carbonyl (C=O) groups is 1. The molecule has 0 aliphatic carbocycles. The van der Waals surface area contributed by atoms with Crippen molar-refractivity contribution in [3.05, 3.63) is 48.0 Å². The van der Waals surface area contributed by atoms with E-state index in [2.05, 4.69) is 17.2 Å². The van der Waals surface area contributed by atoms with Crippen LogP contribution in [-0.4, -0.2) is 22.0 Å². The summed E-state index contributed by atoms with van der Waals surface area (Å²) in [4.78, 5) is 16.1. The van der Waals surface area contributed by atoms with Crippen molar-refractivity contribution in [1.82, 2.24) is 9.55 Å². The highest BCUT2D eigenvalue weighted by Crippen LogP contribution is 2.12. The Morgan fingerprint density at radius 1 is 1.35 bits per heavy atom. The Morgan fingerprint density at radius 2 is 2.10 bits per heavy atom. The number of carbonyl (C=O) groups excluding carboxylic acids is 1. The van der Waals surface area contributed by atoms with Crippen molar-refractivity contribution in [2.75, 3.05) is 11.9 Å². The summed E-state index contributed by atoms with van der Waals surface area (Å²) in [7, 11) is 0. The zero-order valence-corrected chi connectivity index (χ0v) is 11.7. The van der Waals surface area contributed by atoms with Crippen LogP contribution in [0.5, 0.6) is 0 Å². The quantitative estimate of drug-likeness (QED) is 0.845. The van der Waals surface area contributed by atoms with E-state index in [1.807, 2.05) is 24.3 Å². The van der Waals surface area contributed by atoms with E-state index < -0.39 is 0 Å². The molecule has 1 heterocycles. The lowest BCUT2D eigenvalue weighted by Crippen LogP contribution is -2.12. The third-order valence-corrected chi connectivity index (χ3v) is 3.00. The second-order valence-corrected chi connectivity index (χ2v) is 4.69. The first-order valence-electron chi connectivity index (χ1n) is 6.85. The number of hydrogen-bond acceptors (Lipinski definition) is 3. The number of nitrogens with zero attached hydrogens (tertiary/aromatic N) is 2. The maximum atomic E-state index is 12.0. The Hall–Kier alpha value is -2.14. The standard InChI is InChI=1S/C15H20N4O/c1-2-3-12-4-6-13(7-5-12)18-15(20)14-10-19(9-8-16)11-17-14/h4-7,10-11H,2-3,8-9,16H2,1H3,(H,18,20). The zero-order chi connectivity index (χ0) is 14.4. The fraction of sp³-hybridized carbons (Fsp3) is 0.333. The SMILES string of the molecule is CCCc1ccc(NC(=O)c2cn(CCN)cn2)cc1. The molecule has 20 heavy (non-hydrogen) atoms. The summed E-state index contributed by atoms with van der Waals surface area (Å²) in [5, 5.41) is 2.84. The van der Waals surface area contributed by atoms with Gasteiger partial charge in [-0.15, -0.1) is 0 Å². The minimum absolute atomic E-state index is 0.205. The summed E-state index contributed by atoms with van der Waals surface area (Å²) in [6.45, 7) is 3.33. The summed E-state index contributed by atoms with van der Waals surface area (Å²) in [5.41, 5.74) is 7.91. The van der Waals surface area contributed by atoms with Crippen molar-refractivity contribution < 1.29 is 4.79 Å². The first kappa shape index (κ1) is 14.3. The van der Waals surface area contributed by atoms with Gasteiger partial charge in [0.15, 0.2) is 0 Å². The third-order valence-electron chi connectivity index (χ3n) is 3.00. The fourth-order valence-electron chi connectivity index (χ4n) is 1.99. The number of imidazole rings is 1. The van der Waals surface area contributed by atoms with E-state index in [0.717, 1.165) is 18.5 Å². The number of amides is 1. The third kappa shape index (κ3) is 3.68. The number of benzene rings is 1. The molecule has 0 fully saturated rings. The molecule has 3 N–H and O–H groups in total. The predicted molar refractivity (Wildman–Crippen MR) is 79.7 cm³/mol. The van der Waals surface area contributed by atoms with Gasteiger partial charge in [0.1, 0.15) is 5.69 Å². The van der Waals surface area contributed by atoms with Gasteiger partial charge in [0.25, 0.3) is 5.91 Å². The molecule has 0 spiro atoms. The summed E-state index contributed by atoms with van der Waals surface area (Å²) in [5.74, 6) is -0.205. The molecule has 2 rings (SSSR count). The molecule has 0 unspecified atom stereocenters. The van der Waals surface area contributed by atoms with Gasteiger partial charge < -0.3 is 15.6 Å². The van der Waals surface area contributed by atoms with Crippen molar-refractivity contribution >= 4 is 11.6 Å². The number of aryl methyl sites for hydroxylation is 1. The fourth-order valence-corrected chi connectivity index (χ4v) is 1.99. The van der Waals surface area contributed by atoms with Gasteiger partial charge in [-0.3, -0.25) is 4.79 Å². The van der Waals surface area contributed by atoms with Gasteiger partial charge in [-0.25, -0.2) is 4.98 Å². The van der Waals surface area contributed by atoms with E-state index in [0.29, 0.717) is 18.8 Å². The van der Waals surface area contributed by atoms with Crippen LogP contribution in [-0.2, 0) is 13.0 Å². The first-order chi connectivity index (χ1) is 9.72. The van der Waals surface area contributed by atoms with E-state index in [1.165, 1.54) is 5.56 Å². The summed E-state index contributed by atoms with van der Waals surface area (Å²) in [6.07, 6.45) is 5.49. The molecule has 0 saturated carbocycles. The second kappa shape index (κ2) is 6.86. The van der Waals surface area contributed by atoms with Gasteiger partial charge in [-0.05, 0) is 24.1 Å². The highest BCUT2D eigenvalue weighted by Gasteiger charge is 2.09. The number of nitrogens with one attached hydrogen (secondary N) is 1. The van der Waals surface area contributed by atoms with E-state index in [1.54, 1.807) is 17.1 Å². The second-order valence-electron chi connectivity index (χ2n) is 4.69. The van der Waals surface area contributed by atoms with E-state index >= 15 is 0 Å². The molecule has 1 aromatic heterocycles. The minimum atomic E-state index is -0.205. The lowest BCUT2D eigenvalue weighted by molar-refractivity contribution is 0.102. The van der Waals surface area contributed by atoms with Crippen molar-refractivity contribution in [3.63, 3.8) is 0 Å². The number of aromatic nitrogens is 2. The van der Waals surface area contributed by atoms with E-state index in [-0.39, 0.29) is 5.91 Å². The van der Waals surface area contributed by atoms with Crippen LogP contribution in [0.4, 0.5) is 5.69 Å². The lowest BCUT2D eigenvalue weighted by Gasteiger charge is -2.04. The van der Waals surface area contributed by atoms with Crippen LogP contribution in [0.1, 0.15) is 29.4 Å². The van der Waals surface area contributed by atoms with Crippen molar-refractivity contribution in [1.29, 1.82) is 0 Å². The van der Waals surface area contributed by atoms with Gasteiger partial charge in [0.2, 0.25) is 0 Å². The first-order valence-corrected chi connectivity index (χ1v) is 6.85. The van der Waals surface area contributed by atoms with Gasteiger partial charge in [-0.2, -0.15) is 0 Å².